The van der Waals surface area contributed by atoms with Gasteiger partial charge in [0.15, 0.2) is 0 Å². The molecule has 0 unspecified atom stereocenters. The van der Waals surface area contributed by atoms with Crippen molar-refractivity contribution in [2.24, 2.45) is 5.73 Å². The predicted molar refractivity (Wildman–Crippen MR) is 87.6 cm³/mol. The normalized spacial score (nSPS) is 19.1. The Balaban J connectivity index is 0.000000445. The third kappa shape index (κ3) is 6.62. The standard InChI is InChI=1S/C14H17ClF2N2O.C2HF3O2/c1-8(11-3-2-9(15)6-12(11)17)13(18)14(20)19-5-4-10(16)7-19;3-2(4,5)1(6)7/h2-3,6,8,10,13H,4-5,7,18H2,1H3;(H,6,7)/t8-,10-,13-;/m0./s1. The van der Waals surface area contributed by atoms with Crippen LogP contribution in [0.5, 0.6) is 0 Å². The first-order chi connectivity index (χ1) is 12.3. The van der Waals surface area contributed by atoms with Crippen LogP contribution in [0.3, 0.4) is 0 Å². The Morgan fingerprint density at radius 2 is 1.93 bits per heavy atom. The second-order valence-corrected chi connectivity index (χ2v) is 6.39. The minimum atomic E-state index is -5.08. The summed E-state index contributed by atoms with van der Waals surface area (Å²) in [4.78, 5) is 22.5. The molecular weight excluding hydrogens is 399 g/mol. The van der Waals surface area contributed by atoms with Crippen molar-refractivity contribution in [3.63, 3.8) is 0 Å². The number of likely N-dealkylation sites (tertiary alicyclic amines) is 1. The lowest BCUT2D eigenvalue weighted by Gasteiger charge is -2.25. The number of hydrogen-bond donors (Lipinski definition) is 2. The molecule has 0 saturated carbocycles. The van der Waals surface area contributed by atoms with Crippen molar-refractivity contribution in [2.45, 2.75) is 37.7 Å². The number of hydrogen-bond acceptors (Lipinski definition) is 3. The number of amides is 1. The van der Waals surface area contributed by atoms with E-state index in [1.807, 2.05) is 0 Å². The van der Waals surface area contributed by atoms with E-state index >= 15 is 0 Å². The molecule has 1 amide bonds. The van der Waals surface area contributed by atoms with Crippen LogP contribution < -0.4 is 5.73 Å². The van der Waals surface area contributed by atoms with Gasteiger partial charge in [0, 0.05) is 17.5 Å². The summed E-state index contributed by atoms with van der Waals surface area (Å²) in [5.74, 6) is -4.09. The summed E-state index contributed by atoms with van der Waals surface area (Å²) < 4.78 is 58.7. The number of carbonyl (C=O) groups excluding carboxylic acids is 1. The van der Waals surface area contributed by atoms with Gasteiger partial charge in [0.05, 0.1) is 12.6 Å². The first kappa shape index (κ1) is 23.1. The summed E-state index contributed by atoms with van der Waals surface area (Å²) in [5.41, 5.74) is 6.25. The molecule has 1 heterocycles. The second-order valence-electron chi connectivity index (χ2n) is 5.95. The number of alkyl halides is 4. The van der Waals surface area contributed by atoms with E-state index < -0.39 is 36.1 Å². The van der Waals surface area contributed by atoms with Crippen molar-refractivity contribution in [1.29, 1.82) is 0 Å². The van der Waals surface area contributed by atoms with Crippen LogP contribution in [0, 0.1) is 5.82 Å². The van der Waals surface area contributed by atoms with Gasteiger partial charge in [-0.25, -0.2) is 13.6 Å². The molecular formula is C16H18ClF5N2O3. The van der Waals surface area contributed by atoms with Crippen LogP contribution in [-0.2, 0) is 9.59 Å². The van der Waals surface area contributed by atoms with Gasteiger partial charge in [-0.15, -0.1) is 0 Å². The molecule has 152 valence electrons. The number of carboxylic acid groups (broad SMARTS) is 1. The van der Waals surface area contributed by atoms with Crippen LogP contribution >= 0.6 is 11.6 Å². The van der Waals surface area contributed by atoms with Crippen LogP contribution in [0.15, 0.2) is 18.2 Å². The molecule has 0 radical (unpaired) electrons. The van der Waals surface area contributed by atoms with E-state index in [0.717, 1.165) is 0 Å². The van der Waals surface area contributed by atoms with Crippen LogP contribution in [0.1, 0.15) is 24.8 Å². The number of nitrogens with zero attached hydrogens (tertiary/aromatic N) is 1. The van der Waals surface area contributed by atoms with Crippen molar-refractivity contribution >= 4 is 23.5 Å². The molecule has 0 aliphatic carbocycles. The average Bonchev–Trinajstić information content (AvgIpc) is 2.99. The fourth-order valence-corrected chi connectivity index (χ4v) is 2.57. The quantitative estimate of drug-likeness (QED) is 0.742. The van der Waals surface area contributed by atoms with Crippen LogP contribution in [0.4, 0.5) is 22.0 Å². The maximum Gasteiger partial charge on any atom is 0.490 e. The minimum absolute atomic E-state index is 0.0718. The van der Waals surface area contributed by atoms with Gasteiger partial charge in [-0.1, -0.05) is 24.6 Å². The zero-order chi connectivity index (χ0) is 20.9. The highest BCUT2D eigenvalue weighted by Crippen LogP contribution is 2.26. The minimum Gasteiger partial charge on any atom is -0.475 e. The number of carbonyl (C=O) groups is 2. The monoisotopic (exact) mass is 416 g/mol. The van der Waals surface area contributed by atoms with Gasteiger partial charge in [-0.05, 0) is 24.1 Å². The fourth-order valence-electron chi connectivity index (χ4n) is 2.41. The molecule has 2 rings (SSSR count). The van der Waals surface area contributed by atoms with E-state index in [1.54, 1.807) is 13.0 Å². The molecule has 3 atom stereocenters. The van der Waals surface area contributed by atoms with E-state index in [2.05, 4.69) is 0 Å². The fraction of sp³-hybridized carbons (Fsp3) is 0.500. The molecule has 0 aromatic heterocycles. The zero-order valence-corrected chi connectivity index (χ0v) is 14.9. The summed E-state index contributed by atoms with van der Waals surface area (Å²) in [6.07, 6.45) is -5.74. The Morgan fingerprint density at radius 1 is 1.37 bits per heavy atom. The summed E-state index contributed by atoms with van der Waals surface area (Å²) in [5, 5.41) is 7.41. The maximum atomic E-state index is 13.8. The summed E-state index contributed by atoms with van der Waals surface area (Å²) >= 11 is 5.70. The lowest BCUT2D eigenvalue weighted by atomic mass is 9.92. The van der Waals surface area contributed by atoms with Crippen LogP contribution in [0.2, 0.25) is 5.02 Å². The topological polar surface area (TPSA) is 83.6 Å². The summed E-state index contributed by atoms with van der Waals surface area (Å²) in [7, 11) is 0. The van der Waals surface area contributed by atoms with E-state index in [-0.39, 0.29) is 17.5 Å². The highest BCUT2D eigenvalue weighted by Gasteiger charge is 2.38. The predicted octanol–water partition coefficient (Wildman–Crippen LogP) is 3.11. The Bertz CT molecular complexity index is 687. The first-order valence-electron chi connectivity index (χ1n) is 7.78. The molecule has 1 aliphatic rings. The Morgan fingerprint density at radius 3 is 2.33 bits per heavy atom. The lowest BCUT2D eigenvalue weighted by molar-refractivity contribution is -0.192. The smallest absolute Gasteiger partial charge is 0.475 e. The molecule has 1 aromatic rings. The van der Waals surface area contributed by atoms with Crippen molar-refractivity contribution in [3.05, 3.63) is 34.6 Å². The van der Waals surface area contributed by atoms with Gasteiger partial charge in [0.25, 0.3) is 0 Å². The summed E-state index contributed by atoms with van der Waals surface area (Å²) in [6, 6.07) is 3.38. The van der Waals surface area contributed by atoms with Crippen molar-refractivity contribution in [3.8, 4) is 0 Å². The molecule has 1 fully saturated rings. The summed E-state index contributed by atoms with van der Waals surface area (Å²) in [6.45, 7) is 2.11. The number of benzene rings is 1. The number of rotatable bonds is 3. The molecule has 0 bridgehead atoms. The van der Waals surface area contributed by atoms with E-state index in [1.165, 1.54) is 17.0 Å². The molecule has 1 aliphatic heterocycles. The zero-order valence-electron chi connectivity index (χ0n) is 14.1. The first-order valence-corrected chi connectivity index (χ1v) is 8.15. The van der Waals surface area contributed by atoms with Crippen LogP contribution in [0.25, 0.3) is 0 Å². The third-order valence-electron chi connectivity index (χ3n) is 3.96. The highest BCUT2D eigenvalue weighted by molar-refractivity contribution is 6.30. The number of aliphatic carboxylic acids is 1. The third-order valence-corrected chi connectivity index (χ3v) is 4.20. The van der Waals surface area contributed by atoms with Crippen molar-refractivity contribution in [1.82, 2.24) is 4.90 Å². The van der Waals surface area contributed by atoms with E-state index in [0.29, 0.717) is 18.5 Å². The second kappa shape index (κ2) is 9.32. The number of halogens is 6. The largest absolute Gasteiger partial charge is 0.490 e. The van der Waals surface area contributed by atoms with Gasteiger partial charge >= 0.3 is 12.1 Å². The van der Waals surface area contributed by atoms with Gasteiger partial charge in [-0.2, -0.15) is 13.2 Å². The molecule has 1 aromatic carbocycles. The number of nitrogens with two attached hydrogens (primary N) is 1. The molecule has 3 N–H and O–H groups in total. The Labute approximate surface area is 156 Å². The Hall–Kier alpha value is -1.94. The molecule has 5 nitrogen and oxygen atoms in total. The van der Waals surface area contributed by atoms with E-state index in [4.69, 9.17) is 27.2 Å². The average molecular weight is 417 g/mol. The molecule has 1 saturated heterocycles. The van der Waals surface area contributed by atoms with Crippen molar-refractivity contribution in [2.75, 3.05) is 13.1 Å². The van der Waals surface area contributed by atoms with Crippen molar-refractivity contribution < 1.29 is 36.6 Å². The van der Waals surface area contributed by atoms with Gasteiger partial charge in [0.2, 0.25) is 5.91 Å². The van der Waals surface area contributed by atoms with Gasteiger partial charge in [0.1, 0.15) is 12.0 Å². The molecule has 0 spiro atoms. The molecule has 27 heavy (non-hydrogen) atoms. The van der Waals surface area contributed by atoms with E-state index in [9.17, 15) is 26.7 Å². The SMILES string of the molecule is C[C@@H](c1ccc(Cl)cc1F)[C@H](N)C(=O)N1CC[C@H](F)C1.O=C(O)C(F)(F)F. The van der Waals surface area contributed by atoms with Crippen LogP contribution in [-0.4, -0.2) is 53.4 Å². The number of carboxylic acids is 1. The molecule has 11 heteroatoms. The Kier molecular flexibility index (Phi) is 7.97. The highest BCUT2D eigenvalue weighted by atomic mass is 35.5. The maximum absolute atomic E-state index is 13.8. The van der Waals surface area contributed by atoms with Gasteiger partial charge in [-0.3, -0.25) is 4.79 Å². The van der Waals surface area contributed by atoms with Gasteiger partial charge < -0.3 is 15.7 Å². The lowest BCUT2D eigenvalue weighted by Crippen LogP contribution is -2.45.